The molecule has 1 aromatic rings. The molecule has 0 saturated heterocycles. The van der Waals surface area contributed by atoms with Gasteiger partial charge in [-0.3, -0.25) is 0 Å². The molecule has 1 fully saturated rings. The maximum Gasteiger partial charge on any atom is 0.191 e. The Kier molecular flexibility index (Phi) is 9.70. The van der Waals surface area contributed by atoms with Crippen molar-refractivity contribution >= 4 is 29.9 Å². The predicted molar refractivity (Wildman–Crippen MR) is 111 cm³/mol. The normalized spacial score (nSPS) is 21.1. The summed E-state index contributed by atoms with van der Waals surface area (Å²) in [7, 11) is 1.97. The summed E-state index contributed by atoms with van der Waals surface area (Å²) in [4.78, 5) is 4.66. The third kappa shape index (κ3) is 7.08. The van der Waals surface area contributed by atoms with Gasteiger partial charge in [0, 0.05) is 19.6 Å². The molecule has 1 heterocycles. The number of aromatic nitrogens is 3. The van der Waals surface area contributed by atoms with Gasteiger partial charge in [-0.25, -0.2) is 4.99 Å². The summed E-state index contributed by atoms with van der Waals surface area (Å²) in [5, 5.41) is 15.1. The lowest BCUT2D eigenvalue weighted by Crippen LogP contribution is -2.45. The summed E-state index contributed by atoms with van der Waals surface area (Å²) in [6, 6.07) is 0.455. The lowest BCUT2D eigenvalue weighted by Gasteiger charge is -2.31. The predicted octanol–water partition coefficient (Wildman–Crippen LogP) is 2.53. The van der Waals surface area contributed by atoms with Crippen molar-refractivity contribution in [3.05, 3.63) is 11.6 Å². The maximum absolute atomic E-state index is 5.92. The zero-order valence-electron chi connectivity index (χ0n) is 16.1. The number of halogens is 1. The monoisotopic (exact) mass is 464 g/mol. The minimum Gasteiger partial charge on any atom is -0.376 e. The molecule has 1 aliphatic carbocycles. The molecule has 0 unspecified atom stereocenters. The summed E-state index contributed by atoms with van der Waals surface area (Å²) >= 11 is 0. The minimum atomic E-state index is 0. The molecule has 1 saturated carbocycles. The number of guanidine groups is 1. The van der Waals surface area contributed by atoms with Crippen LogP contribution in [0.15, 0.2) is 4.99 Å². The largest absolute Gasteiger partial charge is 0.376 e. The number of ether oxygens (including phenoxy) is 1. The molecular weight excluding hydrogens is 431 g/mol. The average molecular weight is 464 g/mol. The third-order valence-electron chi connectivity index (χ3n) is 4.39. The molecule has 0 atom stereocenters. The standard InChI is InChI=1S/C17H32N6O.HI/c1-6-18-17(19-11-16-22-21-13(4)23(16)5)20-14-7-9-15(10-8-14)24-12(2)3;/h12,14-15H,6-11H2,1-5H3,(H2,18,19,20);1H. The fourth-order valence-electron chi connectivity index (χ4n) is 2.98. The van der Waals surface area contributed by atoms with Gasteiger partial charge in [0.05, 0.1) is 12.2 Å². The maximum atomic E-state index is 5.92. The summed E-state index contributed by atoms with van der Waals surface area (Å²) < 4.78 is 7.89. The van der Waals surface area contributed by atoms with Crippen molar-refractivity contribution < 1.29 is 4.74 Å². The Morgan fingerprint density at radius 1 is 1.28 bits per heavy atom. The van der Waals surface area contributed by atoms with Gasteiger partial charge in [0.25, 0.3) is 0 Å². The van der Waals surface area contributed by atoms with Gasteiger partial charge >= 0.3 is 0 Å². The molecule has 0 aromatic carbocycles. The molecule has 1 aromatic heterocycles. The van der Waals surface area contributed by atoms with Crippen molar-refractivity contribution in [3.63, 3.8) is 0 Å². The number of rotatable bonds is 6. The van der Waals surface area contributed by atoms with Crippen LogP contribution in [0.5, 0.6) is 0 Å². The second-order valence-corrected chi connectivity index (χ2v) is 6.72. The topological polar surface area (TPSA) is 76.4 Å². The molecule has 0 spiro atoms. The summed E-state index contributed by atoms with van der Waals surface area (Å²) in [6.45, 7) is 9.61. The molecular formula is C17H33IN6O. The van der Waals surface area contributed by atoms with Crippen LogP contribution >= 0.6 is 24.0 Å². The van der Waals surface area contributed by atoms with Gasteiger partial charge in [-0.2, -0.15) is 0 Å². The Morgan fingerprint density at radius 2 is 1.96 bits per heavy atom. The van der Waals surface area contributed by atoms with E-state index in [2.05, 4.69) is 46.6 Å². The lowest BCUT2D eigenvalue weighted by molar-refractivity contribution is -0.0152. The number of nitrogens with one attached hydrogen (secondary N) is 2. The van der Waals surface area contributed by atoms with Crippen LogP contribution in [0.3, 0.4) is 0 Å². The van der Waals surface area contributed by atoms with Crippen molar-refractivity contribution in [2.45, 2.75) is 78.2 Å². The second kappa shape index (κ2) is 10.9. The van der Waals surface area contributed by atoms with Gasteiger partial charge in [-0.05, 0) is 53.4 Å². The second-order valence-electron chi connectivity index (χ2n) is 6.72. The van der Waals surface area contributed by atoms with Crippen LogP contribution in [0.4, 0.5) is 0 Å². The van der Waals surface area contributed by atoms with E-state index in [1.54, 1.807) is 0 Å². The Balaban J connectivity index is 0.00000312. The van der Waals surface area contributed by atoms with E-state index in [0.717, 1.165) is 49.8 Å². The van der Waals surface area contributed by atoms with Crippen LogP contribution in [-0.2, 0) is 18.3 Å². The first-order valence-corrected chi connectivity index (χ1v) is 9.04. The molecule has 2 N–H and O–H groups in total. The molecule has 25 heavy (non-hydrogen) atoms. The van der Waals surface area contributed by atoms with Crippen LogP contribution in [0.2, 0.25) is 0 Å². The molecule has 0 radical (unpaired) electrons. The highest BCUT2D eigenvalue weighted by Gasteiger charge is 2.23. The van der Waals surface area contributed by atoms with E-state index in [-0.39, 0.29) is 24.0 Å². The fraction of sp³-hybridized carbons (Fsp3) is 0.824. The Morgan fingerprint density at radius 3 is 2.48 bits per heavy atom. The van der Waals surface area contributed by atoms with Crippen LogP contribution in [0, 0.1) is 6.92 Å². The zero-order chi connectivity index (χ0) is 17.5. The van der Waals surface area contributed by atoms with Crippen molar-refractivity contribution in [3.8, 4) is 0 Å². The molecule has 0 amide bonds. The van der Waals surface area contributed by atoms with E-state index in [1.807, 2.05) is 18.5 Å². The Labute approximate surface area is 168 Å². The van der Waals surface area contributed by atoms with Gasteiger partial charge < -0.3 is 19.9 Å². The number of hydrogen-bond donors (Lipinski definition) is 2. The highest BCUT2D eigenvalue weighted by molar-refractivity contribution is 14.0. The number of aryl methyl sites for hydroxylation is 1. The molecule has 7 nitrogen and oxygen atoms in total. The summed E-state index contributed by atoms with van der Waals surface area (Å²) in [6.07, 6.45) is 5.17. The van der Waals surface area contributed by atoms with E-state index in [1.165, 1.54) is 0 Å². The molecule has 2 rings (SSSR count). The molecule has 8 heteroatoms. The van der Waals surface area contributed by atoms with E-state index in [0.29, 0.717) is 24.8 Å². The first kappa shape index (κ1) is 22.1. The zero-order valence-corrected chi connectivity index (χ0v) is 18.4. The van der Waals surface area contributed by atoms with E-state index in [9.17, 15) is 0 Å². The first-order valence-electron chi connectivity index (χ1n) is 9.04. The number of hydrogen-bond acceptors (Lipinski definition) is 4. The summed E-state index contributed by atoms with van der Waals surface area (Å²) in [5.74, 6) is 2.63. The highest BCUT2D eigenvalue weighted by atomic mass is 127. The Hall–Kier alpha value is -0.900. The fourth-order valence-corrected chi connectivity index (χ4v) is 2.98. The van der Waals surface area contributed by atoms with E-state index in [4.69, 9.17) is 4.74 Å². The van der Waals surface area contributed by atoms with Crippen molar-refractivity contribution in [1.82, 2.24) is 25.4 Å². The molecule has 1 aliphatic rings. The van der Waals surface area contributed by atoms with Crippen molar-refractivity contribution in [2.75, 3.05) is 6.54 Å². The van der Waals surface area contributed by atoms with E-state index < -0.39 is 0 Å². The Bertz CT molecular complexity index is 537. The van der Waals surface area contributed by atoms with E-state index >= 15 is 0 Å². The smallest absolute Gasteiger partial charge is 0.191 e. The highest BCUT2D eigenvalue weighted by Crippen LogP contribution is 2.22. The molecule has 0 bridgehead atoms. The number of aliphatic imine (C=N–C) groups is 1. The SMILES string of the molecule is CCNC(=NCc1nnc(C)n1C)NC1CCC(OC(C)C)CC1.I. The number of nitrogens with zero attached hydrogens (tertiary/aromatic N) is 4. The quantitative estimate of drug-likeness (QED) is 0.385. The lowest BCUT2D eigenvalue weighted by atomic mass is 9.93. The average Bonchev–Trinajstić information content (AvgIpc) is 2.86. The molecule has 144 valence electrons. The van der Waals surface area contributed by atoms with Gasteiger partial charge in [-0.15, -0.1) is 34.2 Å². The van der Waals surface area contributed by atoms with Crippen LogP contribution in [-0.4, -0.2) is 45.5 Å². The summed E-state index contributed by atoms with van der Waals surface area (Å²) in [5.41, 5.74) is 0. The van der Waals surface area contributed by atoms with Gasteiger partial charge in [-0.1, -0.05) is 0 Å². The minimum absolute atomic E-state index is 0. The van der Waals surface area contributed by atoms with Crippen molar-refractivity contribution in [2.24, 2.45) is 12.0 Å². The van der Waals surface area contributed by atoms with Gasteiger partial charge in [0.15, 0.2) is 11.8 Å². The first-order chi connectivity index (χ1) is 11.5. The van der Waals surface area contributed by atoms with Gasteiger partial charge in [0.1, 0.15) is 12.4 Å². The van der Waals surface area contributed by atoms with Crippen LogP contribution < -0.4 is 10.6 Å². The van der Waals surface area contributed by atoms with Crippen molar-refractivity contribution in [1.29, 1.82) is 0 Å². The third-order valence-corrected chi connectivity index (χ3v) is 4.39. The van der Waals surface area contributed by atoms with Crippen LogP contribution in [0.1, 0.15) is 58.1 Å². The molecule has 0 aliphatic heterocycles. The van der Waals surface area contributed by atoms with Crippen LogP contribution in [0.25, 0.3) is 0 Å². The van der Waals surface area contributed by atoms with Gasteiger partial charge in [0.2, 0.25) is 0 Å².